The molecule has 5 heteroatoms. The molecular formula is C19H30N2O3. The summed E-state index contributed by atoms with van der Waals surface area (Å²) in [4.78, 5) is 16.1. The minimum atomic E-state index is -0.451. The van der Waals surface area contributed by atoms with Gasteiger partial charge in [0.05, 0.1) is 6.61 Å². The maximum atomic E-state index is 12.2. The molecule has 0 spiro atoms. The Bertz CT molecular complexity index is 552. The van der Waals surface area contributed by atoms with E-state index in [2.05, 4.69) is 11.0 Å². The molecule has 0 aromatic heterocycles. The zero-order valence-electron chi connectivity index (χ0n) is 15.5. The molecule has 1 aliphatic heterocycles. The van der Waals surface area contributed by atoms with Crippen LogP contribution in [0.25, 0.3) is 0 Å². The third kappa shape index (κ3) is 5.62. The highest BCUT2D eigenvalue weighted by atomic mass is 16.6. The minimum Gasteiger partial charge on any atom is -0.493 e. The van der Waals surface area contributed by atoms with Crippen LogP contribution in [0.3, 0.4) is 0 Å². The molecule has 2 rings (SSSR count). The Hall–Kier alpha value is -1.91. The Labute approximate surface area is 145 Å². The monoisotopic (exact) mass is 334 g/mol. The zero-order valence-corrected chi connectivity index (χ0v) is 15.5. The molecule has 24 heavy (non-hydrogen) atoms. The molecule has 0 saturated carbocycles. The molecular weight excluding hydrogens is 304 g/mol. The maximum Gasteiger partial charge on any atom is 0.410 e. The van der Waals surface area contributed by atoms with Crippen molar-refractivity contribution in [3.63, 3.8) is 0 Å². The lowest BCUT2D eigenvalue weighted by molar-refractivity contribution is 0.0139. The first-order valence-electron chi connectivity index (χ1n) is 8.63. The van der Waals surface area contributed by atoms with Gasteiger partial charge in [0.25, 0.3) is 0 Å². The van der Waals surface area contributed by atoms with Crippen LogP contribution in [0.2, 0.25) is 0 Å². The molecule has 1 aromatic carbocycles. The number of ether oxygens (including phenoxy) is 2. The first kappa shape index (κ1) is 18.4. The summed E-state index contributed by atoms with van der Waals surface area (Å²) in [6.45, 7) is 7.77. The number of likely N-dealkylation sites (tertiary alicyclic amines) is 1. The van der Waals surface area contributed by atoms with E-state index in [-0.39, 0.29) is 6.09 Å². The van der Waals surface area contributed by atoms with Crippen LogP contribution >= 0.6 is 0 Å². The lowest BCUT2D eigenvalue weighted by atomic mass is 9.99. The molecule has 1 heterocycles. The Morgan fingerprint density at radius 2 is 2.08 bits per heavy atom. The zero-order chi connectivity index (χ0) is 17.7. The van der Waals surface area contributed by atoms with Crippen LogP contribution in [0.4, 0.5) is 10.5 Å². The van der Waals surface area contributed by atoms with Crippen molar-refractivity contribution in [2.75, 3.05) is 38.7 Å². The Balaban J connectivity index is 1.87. The lowest BCUT2D eigenvalue weighted by Gasteiger charge is -2.34. The van der Waals surface area contributed by atoms with Gasteiger partial charge in [-0.3, -0.25) is 0 Å². The summed E-state index contributed by atoms with van der Waals surface area (Å²) in [5.41, 5.74) is 0.666. The van der Waals surface area contributed by atoms with Crippen LogP contribution in [-0.2, 0) is 4.74 Å². The third-order valence-corrected chi connectivity index (χ3v) is 3.99. The van der Waals surface area contributed by atoms with Crippen LogP contribution in [0.1, 0.15) is 33.6 Å². The summed E-state index contributed by atoms with van der Waals surface area (Å²) in [5, 5.41) is 0. The highest BCUT2D eigenvalue weighted by molar-refractivity contribution is 5.68. The predicted molar refractivity (Wildman–Crippen MR) is 96.8 cm³/mol. The normalized spacial score (nSPS) is 18.2. The quantitative estimate of drug-likeness (QED) is 0.840. The average Bonchev–Trinajstić information content (AvgIpc) is 2.52. The van der Waals surface area contributed by atoms with E-state index in [0.717, 1.165) is 30.8 Å². The number of anilines is 1. The van der Waals surface area contributed by atoms with Crippen molar-refractivity contribution >= 4 is 11.8 Å². The molecule has 1 atom stereocenters. The summed E-state index contributed by atoms with van der Waals surface area (Å²) < 4.78 is 11.4. The van der Waals surface area contributed by atoms with Crippen molar-refractivity contribution < 1.29 is 14.3 Å². The summed E-state index contributed by atoms with van der Waals surface area (Å²) in [6, 6.07) is 8.06. The van der Waals surface area contributed by atoms with Gasteiger partial charge in [0.1, 0.15) is 11.4 Å². The Morgan fingerprint density at radius 3 is 2.75 bits per heavy atom. The third-order valence-electron chi connectivity index (χ3n) is 3.99. The SMILES string of the molecule is CN(C)c1cccc(OC[C@@H]2CCCN(C(=O)OC(C)(C)C)C2)c1. The first-order chi connectivity index (χ1) is 11.2. The van der Waals surface area contributed by atoms with E-state index >= 15 is 0 Å². The molecule has 0 radical (unpaired) electrons. The number of amides is 1. The van der Waals surface area contributed by atoms with Gasteiger partial charge in [-0.15, -0.1) is 0 Å². The number of hydrogen-bond acceptors (Lipinski definition) is 4. The molecule has 1 aromatic rings. The Morgan fingerprint density at radius 1 is 1.33 bits per heavy atom. The van der Waals surface area contributed by atoms with E-state index in [1.807, 2.05) is 53.1 Å². The van der Waals surface area contributed by atoms with E-state index in [1.165, 1.54) is 0 Å². The van der Waals surface area contributed by atoms with Crippen molar-refractivity contribution in [2.45, 2.75) is 39.2 Å². The van der Waals surface area contributed by atoms with Gasteiger partial charge in [-0.25, -0.2) is 4.79 Å². The number of carbonyl (C=O) groups is 1. The second-order valence-electron chi connectivity index (χ2n) is 7.64. The van der Waals surface area contributed by atoms with E-state index < -0.39 is 5.60 Å². The highest BCUT2D eigenvalue weighted by Gasteiger charge is 2.27. The molecule has 0 unspecified atom stereocenters. The highest BCUT2D eigenvalue weighted by Crippen LogP contribution is 2.23. The van der Waals surface area contributed by atoms with Gasteiger partial charge in [-0.1, -0.05) is 6.07 Å². The molecule has 1 saturated heterocycles. The van der Waals surface area contributed by atoms with Crippen LogP contribution in [0.15, 0.2) is 24.3 Å². The van der Waals surface area contributed by atoms with E-state index in [4.69, 9.17) is 9.47 Å². The fourth-order valence-electron chi connectivity index (χ4n) is 2.76. The van der Waals surface area contributed by atoms with Crippen molar-refractivity contribution in [3.05, 3.63) is 24.3 Å². The topological polar surface area (TPSA) is 42.0 Å². The second kappa shape index (κ2) is 7.77. The van der Waals surface area contributed by atoms with Crippen LogP contribution in [-0.4, -0.2) is 50.4 Å². The van der Waals surface area contributed by atoms with Gasteiger partial charge in [0, 0.05) is 44.9 Å². The fraction of sp³-hybridized carbons (Fsp3) is 0.632. The van der Waals surface area contributed by atoms with Crippen LogP contribution in [0, 0.1) is 5.92 Å². The molecule has 1 amide bonds. The van der Waals surface area contributed by atoms with Gasteiger partial charge >= 0.3 is 6.09 Å². The van der Waals surface area contributed by atoms with Crippen LogP contribution < -0.4 is 9.64 Å². The molecule has 134 valence electrons. The van der Waals surface area contributed by atoms with Gasteiger partial charge in [0.2, 0.25) is 0 Å². The number of carbonyl (C=O) groups excluding carboxylic acids is 1. The summed E-state index contributed by atoms with van der Waals surface area (Å²) in [6.07, 6.45) is 1.85. The smallest absolute Gasteiger partial charge is 0.410 e. The summed E-state index contributed by atoms with van der Waals surface area (Å²) in [5.74, 6) is 1.21. The molecule has 0 N–H and O–H groups in total. The van der Waals surface area contributed by atoms with Gasteiger partial charge in [0.15, 0.2) is 0 Å². The van der Waals surface area contributed by atoms with E-state index in [0.29, 0.717) is 19.1 Å². The van der Waals surface area contributed by atoms with Crippen molar-refractivity contribution in [2.24, 2.45) is 5.92 Å². The summed E-state index contributed by atoms with van der Waals surface area (Å²) in [7, 11) is 4.03. The van der Waals surface area contributed by atoms with Crippen LogP contribution in [0.5, 0.6) is 5.75 Å². The molecule has 1 aliphatic rings. The predicted octanol–water partition coefficient (Wildman–Crippen LogP) is 3.78. The van der Waals surface area contributed by atoms with Crippen molar-refractivity contribution in [1.29, 1.82) is 0 Å². The lowest BCUT2D eigenvalue weighted by Crippen LogP contribution is -2.44. The second-order valence-corrected chi connectivity index (χ2v) is 7.64. The standard InChI is InChI=1S/C19H30N2O3/c1-19(2,3)24-18(22)21-11-7-8-15(13-21)14-23-17-10-6-9-16(12-17)20(4)5/h6,9-10,12,15H,7-8,11,13-14H2,1-5H3/t15-/m1/s1. The first-order valence-corrected chi connectivity index (χ1v) is 8.63. The molecule has 1 fully saturated rings. The van der Waals surface area contributed by atoms with Crippen molar-refractivity contribution in [3.8, 4) is 5.75 Å². The largest absolute Gasteiger partial charge is 0.493 e. The molecule has 0 bridgehead atoms. The van der Waals surface area contributed by atoms with Gasteiger partial charge in [-0.2, -0.15) is 0 Å². The number of hydrogen-bond donors (Lipinski definition) is 0. The number of piperidine rings is 1. The maximum absolute atomic E-state index is 12.2. The molecule has 0 aliphatic carbocycles. The number of rotatable bonds is 4. The number of nitrogens with zero attached hydrogens (tertiary/aromatic N) is 2. The van der Waals surface area contributed by atoms with Crippen molar-refractivity contribution in [1.82, 2.24) is 4.90 Å². The number of benzene rings is 1. The average molecular weight is 334 g/mol. The van der Waals surface area contributed by atoms with E-state index in [1.54, 1.807) is 4.90 Å². The minimum absolute atomic E-state index is 0.221. The Kier molecular flexibility index (Phi) is 5.97. The van der Waals surface area contributed by atoms with Gasteiger partial charge < -0.3 is 19.3 Å². The molecule has 5 nitrogen and oxygen atoms in total. The fourth-order valence-corrected chi connectivity index (χ4v) is 2.76. The summed E-state index contributed by atoms with van der Waals surface area (Å²) >= 11 is 0. The van der Waals surface area contributed by atoms with Gasteiger partial charge in [-0.05, 0) is 45.7 Å². The van der Waals surface area contributed by atoms with E-state index in [9.17, 15) is 4.79 Å².